The fraction of sp³-hybridized carbons (Fsp3) is 0.0500. The fourth-order valence-electron chi connectivity index (χ4n) is 2.76. The number of hydrogen-bond acceptors (Lipinski definition) is 3. The number of nitrogens with zero attached hydrogens (tertiary/aromatic N) is 3. The molecule has 4 rings (SSSR count). The summed E-state index contributed by atoms with van der Waals surface area (Å²) in [4.78, 5) is 13.8. The first-order chi connectivity index (χ1) is 12.1. The molecule has 0 N–H and O–H groups in total. The number of pyridine rings is 2. The van der Waals surface area contributed by atoms with Gasteiger partial charge in [-0.15, -0.1) is 0 Å². The molecular formula is C20H13Br2N3. The van der Waals surface area contributed by atoms with E-state index < -0.39 is 0 Å². The van der Waals surface area contributed by atoms with Crippen LogP contribution in [0.15, 0.2) is 68.7 Å². The summed E-state index contributed by atoms with van der Waals surface area (Å²) in [6.07, 6.45) is 3.58. The summed E-state index contributed by atoms with van der Waals surface area (Å²) in [5.74, 6) is 0. The molecule has 2 heterocycles. The Morgan fingerprint density at radius 1 is 0.920 bits per heavy atom. The smallest absolute Gasteiger partial charge is 0.0972 e. The van der Waals surface area contributed by atoms with Gasteiger partial charge >= 0.3 is 0 Å². The fourth-order valence-corrected chi connectivity index (χ4v) is 4.38. The monoisotopic (exact) mass is 453 g/mol. The van der Waals surface area contributed by atoms with Crippen molar-refractivity contribution in [1.29, 1.82) is 0 Å². The van der Waals surface area contributed by atoms with E-state index in [0.717, 1.165) is 42.1 Å². The minimum Gasteiger partial charge on any atom is -0.254 e. The summed E-state index contributed by atoms with van der Waals surface area (Å²) >= 11 is 7.14. The van der Waals surface area contributed by atoms with Crippen molar-refractivity contribution in [2.45, 2.75) is 6.92 Å². The van der Waals surface area contributed by atoms with E-state index in [9.17, 15) is 0 Å². The lowest BCUT2D eigenvalue weighted by atomic mass is 10.1. The van der Waals surface area contributed by atoms with Gasteiger partial charge in [0.15, 0.2) is 0 Å². The van der Waals surface area contributed by atoms with E-state index in [1.165, 1.54) is 5.56 Å². The van der Waals surface area contributed by atoms with Crippen molar-refractivity contribution in [3.63, 3.8) is 0 Å². The van der Waals surface area contributed by atoms with Crippen LogP contribution in [0.3, 0.4) is 0 Å². The summed E-state index contributed by atoms with van der Waals surface area (Å²) in [5.41, 5.74) is 4.62. The number of aliphatic imine (C=N–C) groups is 1. The lowest BCUT2D eigenvalue weighted by Gasteiger charge is -2.05. The zero-order chi connectivity index (χ0) is 17.4. The van der Waals surface area contributed by atoms with Gasteiger partial charge in [0.1, 0.15) is 0 Å². The van der Waals surface area contributed by atoms with Gasteiger partial charge in [0.25, 0.3) is 0 Å². The Bertz CT molecular complexity index is 1110. The van der Waals surface area contributed by atoms with Gasteiger partial charge in [-0.25, -0.2) is 4.98 Å². The Balaban J connectivity index is 1.81. The van der Waals surface area contributed by atoms with Crippen molar-refractivity contribution >= 4 is 65.6 Å². The molecule has 0 aliphatic rings. The molecule has 122 valence electrons. The van der Waals surface area contributed by atoms with Gasteiger partial charge in [0.05, 0.1) is 28.6 Å². The van der Waals surface area contributed by atoms with Gasteiger partial charge in [0.2, 0.25) is 0 Å². The molecule has 4 aromatic rings. The van der Waals surface area contributed by atoms with Gasteiger partial charge in [-0.2, -0.15) is 0 Å². The highest BCUT2D eigenvalue weighted by Crippen LogP contribution is 2.34. The van der Waals surface area contributed by atoms with E-state index in [-0.39, 0.29) is 0 Å². The predicted molar refractivity (Wildman–Crippen MR) is 111 cm³/mol. The number of benzene rings is 2. The molecule has 0 saturated carbocycles. The Labute approximate surface area is 162 Å². The normalized spacial score (nSPS) is 11.6. The SMILES string of the molecule is Cc1cc(Br)c(N=Cc2ccc3ccc4cccnc4c3n2)c(Br)c1. The summed E-state index contributed by atoms with van der Waals surface area (Å²) in [7, 11) is 0. The third kappa shape index (κ3) is 3.22. The number of hydrogen-bond donors (Lipinski definition) is 0. The largest absolute Gasteiger partial charge is 0.254 e. The average molecular weight is 455 g/mol. The van der Waals surface area contributed by atoms with Crippen molar-refractivity contribution in [2.75, 3.05) is 0 Å². The third-order valence-corrected chi connectivity index (χ3v) is 5.15. The molecule has 0 aliphatic carbocycles. The highest BCUT2D eigenvalue weighted by molar-refractivity contribution is 9.11. The maximum atomic E-state index is 4.75. The van der Waals surface area contributed by atoms with Crippen molar-refractivity contribution < 1.29 is 0 Å². The molecular weight excluding hydrogens is 442 g/mol. The van der Waals surface area contributed by atoms with Crippen molar-refractivity contribution in [1.82, 2.24) is 9.97 Å². The van der Waals surface area contributed by atoms with E-state index in [1.807, 2.05) is 37.3 Å². The van der Waals surface area contributed by atoms with Gasteiger partial charge in [-0.3, -0.25) is 9.98 Å². The predicted octanol–water partition coefficient (Wildman–Crippen LogP) is 6.37. The molecule has 25 heavy (non-hydrogen) atoms. The molecule has 2 aromatic heterocycles. The highest BCUT2D eigenvalue weighted by Gasteiger charge is 2.06. The second kappa shape index (κ2) is 6.65. The quantitative estimate of drug-likeness (QED) is 0.261. The molecule has 0 fully saturated rings. The van der Waals surface area contributed by atoms with Gasteiger partial charge < -0.3 is 0 Å². The number of rotatable bonds is 2. The number of fused-ring (bicyclic) bond motifs is 3. The lowest BCUT2D eigenvalue weighted by Crippen LogP contribution is -1.91. The minimum absolute atomic E-state index is 0.796. The van der Waals surface area contributed by atoms with Crippen LogP contribution in [-0.4, -0.2) is 16.2 Å². The maximum absolute atomic E-state index is 4.75. The first-order valence-corrected chi connectivity index (χ1v) is 9.34. The molecule has 0 spiro atoms. The van der Waals surface area contributed by atoms with Crippen LogP contribution in [0.1, 0.15) is 11.3 Å². The van der Waals surface area contributed by atoms with Crippen molar-refractivity contribution in [3.8, 4) is 0 Å². The molecule has 0 radical (unpaired) electrons. The lowest BCUT2D eigenvalue weighted by molar-refractivity contribution is 1.34. The molecule has 0 saturated heterocycles. The summed E-state index contributed by atoms with van der Waals surface area (Å²) in [6.45, 7) is 2.05. The molecule has 0 amide bonds. The van der Waals surface area contributed by atoms with E-state index in [4.69, 9.17) is 4.98 Å². The van der Waals surface area contributed by atoms with Crippen molar-refractivity contribution in [3.05, 3.63) is 74.9 Å². The first kappa shape index (κ1) is 16.4. The number of aryl methyl sites for hydroxylation is 1. The summed E-state index contributed by atoms with van der Waals surface area (Å²) in [6, 6.07) is 16.2. The topological polar surface area (TPSA) is 38.1 Å². The van der Waals surface area contributed by atoms with Crippen LogP contribution in [0.25, 0.3) is 21.8 Å². The average Bonchev–Trinajstić information content (AvgIpc) is 2.60. The van der Waals surface area contributed by atoms with Gasteiger partial charge in [-0.05, 0) is 68.6 Å². The molecule has 0 unspecified atom stereocenters. The van der Waals surface area contributed by atoms with E-state index in [0.29, 0.717) is 0 Å². The second-order valence-corrected chi connectivity index (χ2v) is 7.49. The number of aromatic nitrogens is 2. The Hall–Kier alpha value is -2.11. The maximum Gasteiger partial charge on any atom is 0.0972 e. The van der Waals surface area contributed by atoms with E-state index in [1.54, 1.807) is 12.4 Å². The summed E-state index contributed by atoms with van der Waals surface area (Å²) < 4.78 is 1.90. The molecule has 0 atom stereocenters. The third-order valence-electron chi connectivity index (χ3n) is 3.94. The standard InChI is InChI=1S/C20H13Br2N3/c1-12-9-16(21)20(17(22)10-12)24-11-15-7-6-14-5-4-13-3-2-8-23-18(13)19(14)25-15/h2-11H,1H3. The number of halogens is 2. The first-order valence-electron chi connectivity index (χ1n) is 7.76. The van der Waals surface area contributed by atoms with Crippen LogP contribution in [-0.2, 0) is 0 Å². The zero-order valence-corrected chi connectivity index (χ0v) is 16.5. The minimum atomic E-state index is 0.796. The summed E-state index contributed by atoms with van der Waals surface area (Å²) in [5, 5.41) is 2.15. The zero-order valence-electron chi connectivity index (χ0n) is 13.4. The van der Waals surface area contributed by atoms with Crippen LogP contribution in [0, 0.1) is 6.92 Å². The molecule has 3 nitrogen and oxygen atoms in total. The van der Waals surface area contributed by atoms with Crippen molar-refractivity contribution in [2.24, 2.45) is 4.99 Å². The van der Waals surface area contributed by atoms with Gasteiger partial charge in [0, 0.05) is 25.9 Å². The van der Waals surface area contributed by atoms with E-state index >= 15 is 0 Å². The van der Waals surface area contributed by atoms with Crippen LogP contribution < -0.4 is 0 Å². The van der Waals surface area contributed by atoms with E-state index in [2.05, 4.69) is 60.0 Å². The molecule has 0 aliphatic heterocycles. The van der Waals surface area contributed by atoms with Crippen LogP contribution in [0.5, 0.6) is 0 Å². The molecule has 5 heteroatoms. The Morgan fingerprint density at radius 2 is 1.60 bits per heavy atom. The molecule has 0 bridgehead atoms. The Morgan fingerprint density at radius 3 is 2.36 bits per heavy atom. The van der Waals surface area contributed by atoms with Crippen LogP contribution in [0.4, 0.5) is 5.69 Å². The Kier molecular flexibility index (Phi) is 4.36. The van der Waals surface area contributed by atoms with Crippen LogP contribution >= 0.6 is 31.9 Å². The second-order valence-electron chi connectivity index (χ2n) is 5.78. The van der Waals surface area contributed by atoms with Gasteiger partial charge in [-0.1, -0.05) is 24.3 Å². The van der Waals surface area contributed by atoms with Crippen LogP contribution in [0.2, 0.25) is 0 Å². The molecule has 2 aromatic carbocycles. The highest BCUT2D eigenvalue weighted by atomic mass is 79.9.